The van der Waals surface area contributed by atoms with Crippen molar-refractivity contribution in [3.63, 3.8) is 0 Å². The molecule has 17 heavy (non-hydrogen) atoms. The summed E-state index contributed by atoms with van der Waals surface area (Å²) in [6.45, 7) is 4.69. The largest absolute Gasteiger partial charge is 0.343 e. The molecule has 92 valence electrons. The Labute approximate surface area is 103 Å². The van der Waals surface area contributed by atoms with E-state index in [-0.39, 0.29) is 0 Å². The first-order chi connectivity index (χ1) is 8.19. The van der Waals surface area contributed by atoms with Gasteiger partial charge in [0.25, 0.3) is 0 Å². The van der Waals surface area contributed by atoms with E-state index in [0.717, 1.165) is 13.1 Å². The molecule has 3 nitrogen and oxygen atoms in total. The van der Waals surface area contributed by atoms with Crippen LogP contribution in [0.1, 0.15) is 18.2 Å². The van der Waals surface area contributed by atoms with E-state index in [1.165, 1.54) is 22.2 Å². The zero-order valence-corrected chi connectivity index (χ0v) is 10.9. The molecule has 2 N–H and O–H groups in total. The number of hydrogen-bond acceptors (Lipinski definition) is 2. The second-order valence-electron chi connectivity index (χ2n) is 4.63. The summed E-state index contributed by atoms with van der Waals surface area (Å²) in [5, 5.41) is 1.34. The van der Waals surface area contributed by atoms with Crippen molar-refractivity contribution in [2.45, 2.75) is 26.6 Å². The zero-order valence-electron chi connectivity index (χ0n) is 10.9. The van der Waals surface area contributed by atoms with Crippen molar-refractivity contribution in [2.24, 2.45) is 5.73 Å². The number of benzene rings is 1. The summed E-state index contributed by atoms with van der Waals surface area (Å²) in [6.07, 6.45) is 0. The number of aryl methyl sites for hydroxylation is 1. The number of rotatable bonds is 4. The summed E-state index contributed by atoms with van der Waals surface area (Å²) in [5.41, 5.74) is 9.86. The summed E-state index contributed by atoms with van der Waals surface area (Å²) in [7, 11) is 4.19. The van der Waals surface area contributed by atoms with E-state index in [1.54, 1.807) is 0 Å². The average Bonchev–Trinajstić information content (AvgIpc) is 2.62. The third-order valence-corrected chi connectivity index (χ3v) is 3.18. The summed E-state index contributed by atoms with van der Waals surface area (Å²) in [6, 6.07) is 8.56. The highest BCUT2D eigenvalue weighted by atomic mass is 15.1. The molecular formula is C14H21N3. The van der Waals surface area contributed by atoms with Crippen molar-refractivity contribution in [3.8, 4) is 0 Å². The molecule has 1 aromatic heterocycles. The molecule has 0 fully saturated rings. The zero-order chi connectivity index (χ0) is 12.4. The van der Waals surface area contributed by atoms with Crippen molar-refractivity contribution < 1.29 is 0 Å². The Morgan fingerprint density at radius 1 is 1.24 bits per heavy atom. The lowest BCUT2D eigenvalue weighted by Crippen LogP contribution is -2.14. The summed E-state index contributed by atoms with van der Waals surface area (Å²) >= 11 is 0. The Kier molecular flexibility index (Phi) is 3.50. The molecule has 0 aliphatic carbocycles. The van der Waals surface area contributed by atoms with Crippen LogP contribution >= 0.6 is 0 Å². The summed E-state index contributed by atoms with van der Waals surface area (Å²) in [4.78, 5) is 2.20. The Hall–Kier alpha value is -1.32. The van der Waals surface area contributed by atoms with Gasteiger partial charge in [-0.3, -0.25) is 0 Å². The molecule has 3 heteroatoms. The lowest BCUT2D eigenvalue weighted by atomic mass is 10.1. The monoisotopic (exact) mass is 231 g/mol. The van der Waals surface area contributed by atoms with Crippen LogP contribution in [-0.4, -0.2) is 23.6 Å². The van der Waals surface area contributed by atoms with Crippen molar-refractivity contribution in [2.75, 3.05) is 14.1 Å². The average molecular weight is 231 g/mol. The van der Waals surface area contributed by atoms with Gasteiger partial charge in [0, 0.05) is 36.2 Å². The molecule has 0 bridgehead atoms. The van der Waals surface area contributed by atoms with Gasteiger partial charge < -0.3 is 15.2 Å². The molecular weight excluding hydrogens is 210 g/mol. The van der Waals surface area contributed by atoms with E-state index in [9.17, 15) is 0 Å². The van der Waals surface area contributed by atoms with Crippen molar-refractivity contribution in [3.05, 3.63) is 35.5 Å². The second-order valence-corrected chi connectivity index (χ2v) is 4.63. The summed E-state index contributed by atoms with van der Waals surface area (Å²) in [5.74, 6) is 0. The van der Waals surface area contributed by atoms with Gasteiger partial charge in [0.15, 0.2) is 0 Å². The first-order valence-corrected chi connectivity index (χ1v) is 6.12. The van der Waals surface area contributed by atoms with Crippen molar-refractivity contribution >= 4 is 10.9 Å². The van der Waals surface area contributed by atoms with E-state index in [0.29, 0.717) is 6.54 Å². The fourth-order valence-electron chi connectivity index (χ4n) is 2.52. The Bertz CT molecular complexity index is 511. The van der Waals surface area contributed by atoms with Gasteiger partial charge in [0.2, 0.25) is 0 Å². The van der Waals surface area contributed by atoms with Crippen LogP contribution in [0.4, 0.5) is 0 Å². The van der Waals surface area contributed by atoms with Gasteiger partial charge in [-0.25, -0.2) is 0 Å². The molecule has 0 spiro atoms. The minimum absolute atomic E-state index is 0.603. The van der Waals surface area contributed by atoms with Crippen LogP contribution in [0.15, 0.2) is 24.3 Å². The lowest BCUT2D eigenvalue weighted by molar-refractivity contribution is 0.401. The van der Waals surface area contributed by atoms with Crippen LogP contribution < -0.4 is 5.73 Å². The number of para-hydroxylation sites is 1. The predicted molar refractivity (Wildman–Crippen MR) is 72.9 cm³/mol. The molecule has 0 aliphatic heterocycles. The Morgan fingerprint density at radius 2 is 1.94 bits per heavy atom. The minimum atomic E-state index is 0.603. The van der Waals surface area contributed by atoms with Gasteiger partial charge in [-0.05, 0) is 32.6 Å². The number of nitrogens with two attached hydrogens (primary N) is 1. The SMILES string of the molecule is CCn1c(CN)c(CN(C)C)c2ccccc21. The molecule has 1 aromatic carbocycles. The first kappa shape index (κ1) is 12.1. The topological polar surface area (TPSA) is 34.2 Å². The number of nitrogens with zero attached hydrogens (tertiary/aromatic N) is 2. The molecule has 0 atom stereocenters. The molecule has 2 aromatic rings. The van der Waals surface area contributed by atoms with Gasteiger partial charge in [0.05, 0.1) is 0 Å². The Morgan fingerprint density at radius 3 is 2.53 bits per heavy atom. The molecule has 0 saturated heterocycles. The Balaban J connectivity index is 2.69. The van der Waals surface area contributed by atoms with Gasteiger partial charge in [-0.15, -0.1) is 0 Å². The molecule has 0 unspecified atom stereocenters. The highest BCUT2D eigenvalue weighted by Crippen LogP contribution is 2.26. The van der Waals surface area contributed by atoms with Gasteiger partial charge in [0.1, 0.15) is 0 Å². The molecule has 1 heterocycles. The molecule has 0 aliphatic rings. The maximum Gasteiger partial charge on any atom is 0.0486 e. The molecule has 0 saturated carbocycles. The molecule has 0 amide bonds. The number of aromatic nitrogens is 1. The maximum atomic E-state index is 5.93. The van der Waals surface area contributed by atoms with E-state index in [1.807, 2.05) is 0 Å². The van der Waals surface area contributed by atoms with E-state index >= 15 is 0 Å². The minimum Gasteiger partial charge on any atom is -0.343 e. The fourth-order valence-corrected chi connectivity index (χ4v) is 2.52. The van der Waals surface area contributed by atoms with Crippen LogP contribution in [0.3, 0.4) is 0 Å². The summed E-state index contributed by atoms with van der Waals surface area (Å²) < 4.78 is 2.33. The standard InChI is InChI=1S/C14H21N3/c1-4-17-13-8-6-5-7-11(13)12(10-16(2)3)14(17)9-15/h5-8H,4,9-10,15H2,1-3H3. The predicted octanol–water partition coefficient (Wildman–Crippen LogP) is 2.18. The first-order valence-electron chi connectivity index (χ1n) is 6.12. The molecule has 0 radical (unpaired) electrons. The van der Waals surface area contributed by atoms with Crippen LogP contribution in [0, 0.1) is 0 Å². The smallest absolute Gasteiger partial charge is 0.0486 e. The highest BCUT2D eigenvalue weighted by molar-refractivity contribution is 5.85. The van der Waals surface area contributed by atoms with E-state index < -0.39 is 0 Å². The third kappa shape index (κ3) is 2.08. The third-order valence-electron chi connectivity index (χ3n) is 3.18. The molecule has 2 rings (SSSR count). The van der Waals surface area contributed by atoms with E-state index in [4.69, 9.17) is 5.73 Å². The van der Waals surface area contributed by atoms with Gasteiger partial charge in [-0.2, -0.15) is 0 Å². The van der Waals surface area contributed by atoms with Gasteiger partial charge >= 0.3 is 0 Å². The highest BCUT2D eigenvalue weighted by Gasteiger charge is 2.14. The fraction of sp³-hybridized carbons (Fsp3) is 0.429. The van der Waals surface area contributed by atoms with Crippen LogP contribution in [0.2, 0.25) is 0 Å². The number of fused-ring (bicyclic) bond motifs is 1. The van der Waals surface area contributed by atoms with Crippen LogP contribution in [0.5, 0.6) is 0 Å². The number of hydrogen-bond donors (Lipinski definition) is 1. The van der Waals surface area contributed by atoms with Gasteiger partial charge in [-0.1, -0.05) is 18.2 Å². The van der Waals surface area contributed by atoms with Crippen molar-refractivity contribution in [1.29, 1.82) is 0 Å². The van der Waals surface area contributed by atoms with Crippen LogP contribution in [-0.2, 0) is 19.6 Å². The quantitative estimate of drug-likeness (QED) is 0.875. The maximum absolute atomic E-state index is 5.93. The van der Waals surface area contributed by atoms with Crippen molar-refractivity contribution in [1.82, 2.24) is 9.47 Å². The lowest BCUT2D eigenvalue weighted by Gasteiger charge is -2.12. The normalized spacial score (nSPS) is 11.6. The van der Waals surface area contributed by atoms with E-state index in [2.05, 4.69) is 54.8 Å². The van der Waals surface area contributed by atoms with Crippen LogP contribution in [0.25, 0.3) is 10.9 Å². The second kappa shape index (κ2) is 4.90.